The molecule has 16 heteroatoms. The highest BCUT2D eigenvalue weighted by Crippen LogP contribution is 2.20. The minimum absolute atomic E-state index is 0.00223. The van der Waals surface area contributed by atoms with Gasteiger partial charge in [-0.15, -0.1) is 0 Å². The van der Waals surface area contributed by atoms with Crippen molar-refractivity contribution < 1.29 is 41.7 Å². The Bertz CT molecular complexity index is 1490. The number of hydrogen-bond donors (Lipinski definition) is 2. The van der Waals surface area contributed by atoms with Crippen LogP contribution in [0.15, 0.2) is 85.9 Å². The summed E-state index contributed by atoms with van der Waals surface area (Å²) in [6.07, 6.45) is 2.51. The number of anilines is 1. The monoisotopic (exact) mass is 724 g/mol. The molecule has 1 aromatic carbocycles. The number of ether oxygens (including phenoxy) is 4. The Hall–Kier alpha value is -4.63. The van der Waals surface area contributed by atoms with Gasteiger partial charge in [0.25, 0.3) is 12.4 Å². The first kappa shape index (κ1) is 41.5. The molecular formula is C34H44ClF3N6O6. The lowest BCUT2D eigenvalue weighted by molar-refractivity contribution is -0.156. The molecule has 0 unspecified atom stereocenters. The third kappa shape index (κ3) is 16.2. The molecule has 0 radical (unpaired) electrons. The lowest BCUT2D eigenvalue weighted by Gasteiger charge is -2.33. The van der Waals surface area contributed by atoms with Gasteiger partial charge in [-0.25, -0.2) is 9.98 Å². The largest absolute Gasteiger partial charge is 0.500 e. The molecule has 2 N–H and O–H groups in total. The fraction of sp³-hybridized carbons (Fsp3) is 0.441. The fourth-order valence-electron chi connectivity index (χ4n) is 4.49. The maximum Gasteiger partial charge on any atom is 0.422 e. The number of alkyl halides is 3. The molecule has 0 spiro atoms. The summed E-state index contributed by atoms with van der Waals surface area (Å²) in [5.74, 6) is 0.385. The molecule has 3 rings (SSSR count). The lowest BCUT2D eigenvalue weighted by Crippen LogP contribution is -2.43. The number of allylic oxidation sites excluding steroid dienone is 4. The Balaban J connectivity index is 2.48. The smallest absolute Gasteiger partial charge is 0.422 e. The van der Waals surface area contributed by atoms with E-state index >= 15 is 0 Å². The number of hydrogen-bond acceptors (Lipinski definition) is 10. The summed E-state index contributed by atoms with van der Waals surface area (Å²) in [4.78, 5) is 38.0. The first-order valence-corrected chi connectivity index (χ1v) is 15.9. The van der Waals surface area contributed by atoms with E-state index in [4.69, 9.17) is 25.8 Å². The summed E-state index contributed by atoms with van der Waals surface area (Å²) in [5, 5.41) is 6.17. The molecule has 1 aromatic rings. The van der Waals surface area contributed by atoms with E-state index in [9.17, 15) is 22.8 Å². The van der Waals surface area contributed by atoms with Gasteiger partial charge in [0.1, 0.15) is 17.8 Å². The normalized spacial score (nSPS) is 21.2. The third-order valence-electron chi connectivity index (χ3n) is 6.76. The summed E-state index contributed by atoms with van der Waals surface area (Å²) in [5.41, 5.74) is 1.02. The topological polar surface area (TPSA) is 135 Å². The van der Waals surface area contributed by atoms with E-state index in [-0.39, 0.29) is 23.4 Å². The first-order chi connectivity index (χ1) is 23.7. The van der Waals surface area contributed by atoms with Gasteiger partial charge in [0.2, 0.25) is 5.96 Å². The van der Waals surface area contributed by atoms with Gasteiger partial charge in [-0.1, -0.05) is 37.6 Å². The van der Waals surface area contributed by atoms with Gasteiger partial charge in [-0.2, -0.15) is 18.2 Å². The van der Waals surface area contributed by atoms with Crippen molar-refractivity contribution in [1.82, 2.24) is 10.2 Å². The standard InChI is InChI=1S/C34H44ClF3N6O6/c1-7-9-25-16-27(35)19-48-15-8-14-44(18-29(47-6)24(2)50-23-45)21-33(3,4)20-41-30(46)26-10-12-28(13-11-26)42-31(40-17-25)43-32(39-5)49-22-34(36,37)38/h7,9-13,16,19,23H,5,8,14-15,17-18,20-22H2,1-4,6H3,(H,40,42)(H,41,46)/b9-7-,25-16+,27-19-,29-24-,43-32+. The van der Waals surface area contributed by atoms with Crippen LogP contribution in [-0.2, 0) is 23.7 Å². The zero-order chi connectivity index (χ0) is 37.2. The molecule has 274 valence electrons. The third-order valence-corrected chi connectivity index (χ3v) is 6.96. The quantitative estimate of drug-likeness (QED) is 0.147. The molecule has 2 aliphatic heterocycles. The molecule has 0 saturated carbocycles. The number of nitrogens with one attached hydrogen (secondary N) is 2. The Morgan fingerprint density at radius 2 is 1.98 bits per heavy atom. The Morgan fingerprint density at radius 1 is 1.26 bits per heavy atom. The zero-order valence-corrected chi connectivity index (χ0v) is 29.6. The second-order valence-corrected chi connectivity index (χ2v) is 12.1. The van der Waals surface area contributed by atoms with Crippen molar-refractivity contribution in [3.8, 4) is 0 Å². The van der Waals surface area contributed by atoms with Crippen LogP contribution in [0.3, 0.4) is 0 Å². The van der Waals surface area contributed by atoms with E-state index in [1.54, 1.807) is 56.3 Å². The van der Waals surface area contributed by atoms with Crippen molar-refractivity contribution in [1.29, 1.82) is 0 Å². The van der Waals surface area contributed by atoms with Gasteiger partial charge < -0.3 is 29.6 Å². The van der Waals surface area contributed by atoms with Crippen LogP contribution in [0, 0.1) is 5.41 Å². The predicted octanol–water partition coefficient (Wildman–Crippen LogP) is 6.20. The number of halogens is 4. The van der Waals surface area contributed by atoms with Crippen molar-refractivity contribution in [2.45, 2.75) is 40.3 Å². The first-order valence-electron chi connectivity index (χ1n) is 15.5. The number of benzene rings is 1. The van der Waals surface area contributed by atoms with Crippen LogP contribution in [0.25, 0.3) is 0 Å². The van der Waals surface area contributed by atoms with Gasteiger partial charge in [0.15, 0.2) is 6.61 Å². The van der Waals surface area contributed by atoms with Crippen molar-refractivity contribution in [2.75, 3.05) is 58.4 Å². The maximum atomic E-state index is 13.1. The molecule has 12 nitrogen and oxygen atoms in total. The summed E-state index contributed by atoms with van der Waals surface area (Å²) in [6.45, 7) is 11.5. The SMILES string of the molecule is C=N/C(=N\C1=N/CC(/C=C\C)=C/C(Cl)=C/OCCCN(C/C(OC)=C(\C)OC=O)CC(C)(C)CNC(=O)c2ccc(cc2)N1)OCC(F)(F)F. The molecule has 0 aliphatic carbocycles. The number of nitrogens with zero attached hydrogens (tertiary/aromatic N) is 4. The summed E-state index contributed by atoms with van der Waals surface area (Å²) in [6, 6.07) is 5.71. The van der Waals surface area contributed by atoms with Crippen LogP contribution >= 0.6 is 11.6 Å². The van der Waals surface area contributed by atoms with Crippen molar-refractivity contribution in [2.24, 2.45) is 20.4 Å². The molecule has 0 saturated heterocycles. The number of rotatable bonds is 7. The van der Waals surface area contributed by atoms with Crippen LogP contribution in [-0.4, -0.2) is 95.2 Å². The van der Waals surface area contributed by atoms with Gasteiger partial charge >= 0.3 is 12.2 Å². The lowest BCUT2D eigenvalue weighted by atomic mass is 9.92. The van der Waals surface area contributed by atoms with E-state index in [0.717, 1.165) is 0 Å². The molecule has 0 fully saturated rings. The highest BCUT2D eigenvalue weighted by molar-refractivity contribution is 6.31. The number of carbonyl (C=O) groups excluding carboxylic acids is 2. The number of fused-ring (bicyclic) bond motifs is 16. The van der Waals surface area contributed by atoms with E-state index in [0.29, 0.717) is 74.0 Å². The second kappa shape index (κ2) is 20.8. The molecule has 0 atom stereocenters. The average Bonchev–Trinajstić information content (AvgIpc) is 3.05. The van der Waals surface area contributed by atoms with Crippen LogP contribution in [0.4, 0.5) is 18.9 Å². The number of methoxy groups -OCH3 is 1. The zero-order valence-electron chi connectivity index (χ0n) is 28.8. The van der Waals surface area contributed by atoms with Crippen LogP contribution < -0.4 is 10.6 Å². The molecule has 2 aliphatic rings. The van der Waals surface area contributed by atoms with Crippen molar-refractivity contribution in [3.05, 3.63) is 76.4 Å². The number of amides is 1. The summed E-state index contributed by atoms with van der Waals surface area (Å²) < 4.78 is 59.3. The Kier molecular flexibility index (Phi) is 17.3. The molecule has 2 heterocycles. The van der Waals surface area contributed by atoms with Crippen molar-refractivity contribution >= 4 is 48.4 Å². The molecular weight excluding hydrogens is 681 g/mol. The number of carbonyl (C=O) groups is 2. The van der Waals surface area contributed by atoms with Crippen LogP contribution in [0.5, 0.6) is 0 Å². The second-order valence-electron chi connectivity index (χ2n) is 11.7. The minimum Gasteiger partial charge on any atom is -0.500 e. The number of amidine groups is 1. The highest BCUT2D eigenvalue weighted by Gasteiger charge is 2.29. The van der Waals surface area contributed by atoms with E-state index in [1.807, 2.05) is 13.8 Å². The molecule has 0 aromatic heterocycles. The highest BCUT2D eigenvalue weighted by atomic mass is 35.5. The van der Waals surface area contributed by atoms with Gasteiger partial charge in [-0.3, -0.25) is 14.5 Å². The molecule has 2 bridgehead atoms. The Labute approximate surface area is 295 Å². The van der Waals surface area contributed by atoms with Crippen molar-refractivity contribution in [3.63, 3.8) is 0 Å². The molecule has 50 heavy (non-hydrogen) atoms. The number of aliphatic imine (C=N–C) groups is 3. The van der Waals surface area contributed by atoms with E-state index < -0.39 is 24.2 Å². The van der Waals surface area contributed by atoms with Crippen LogP contribution in [0.2, 0.25) is 0 Å². The Morgan fingerprint density at radius 3 is 2.60 bits per heavy atom. The minimum atomic E-state index is -4.62. The summed E-state index contributed by atoms with van der Waals surface area (Å²) in [7, 11) is 1.50. The predicted molar refractivity (Wildman–Crippen MR) is 188 cm³/mol. The van der Waals surface area contributed by atoms with Gasteiger partial charge in [0.05, 0.1) is 31.8 Å². The number of guanidine groups is 1. The average molecular weight is 725 g/mol. The van der Waals surface area contributed by atoms with Gasteiger partial charge in [-0.05, 0) is 68.3 Å². The van der Waals surface area contributed by atoms with Gasteiger partial charge in [0, 0.05) is 30.9 Å². The molecule has 1 amide bonds. The van der Waals surface area contributed by atoms with Crippen LogP contribution in [0.1, 0.15) is 44.5 Å². The van der Waals surface area contributed by atoms with E-state index in [2.05, 4.69) is 42.0 Å². The van der Waals surface area contributed by atoms with E-state index in [1.165, 1.54) is 13.4 Å². The maximum absolute atomic E-state index is 13.1. The summed E-state index contributed by atoms with van der Waals surface area (Å²) >= 11 is 6.45. The fourth-order valence-corrected chi connectivity index (χ4v) is 4.70.